The van der Waals surface area contributed by atoms with Crippen LogP contribution in [0, 0.1) is 0 Å². The summed E-state index contributed by atoms with van der Waals surface area (Å²) in [5.41, 5.74) is 2.40. The number of fused-ring (bicyclic) bond motifs is 1. The Morgan fingerprint density at radius 2 is 2.04 bits per heavy atom. The molecule has 1 amide bonds. The fraction of sp³-hybridized carbons (Fsp3) is 0.400. The molecular weight excluding hydrogens is 340 g/mol. The van der Waals surface area contributed by atoms with Gasteiger partial charge in [0.25, 0.3) is 5.91 Å². The van der Waals surface area contributed by atoms with Crippen LogP contribution in [-0.4, -0.2) is 49.5 Å². The molecule has 0 aromatic carbocycles. The number of hydrogen-bond acceptors (Lipinski definition) is 5. The summed E-state index contributed by atoms with van der Waals surface area (Å²) >= 11 is 0. The first-order valence-electron chi connectivity index (χ1n) is 9.37. The SMILES string of the molecule is CC(C)N1CCC(c2nnc3ccc(C(=O)NCc4ccncc4)cn23)C1. The van der Waals surface area contributed by atoms with E-state index in [9.17, 15) is 4.79 Å². The van der Waals surface area contributed by atoms with Crippen LogP contribution in [0.15, 0.2) is 42.9 Å². The lowest BCUT2D eigenvalue weighted by Gasteiger charge is -2.19. The zero-order chi connectivity index (χ0) is 18.8. The molecule has 1 saturated heterocycles. The van der Waals surface area contributed by atoms with Crippen LogP contribution < -0.4 is 5.32 Å². The Bertz CT molecular complexity index is 936. The maximum Gasteiger partial charge on any atom is 0.253 e. The monoisotopic (exact) mass is 364 g/mol. The molecule has 1 aliphatic heterocycles. The molecule has 0 spiro atoms. The molecular formula is C20H24N6O. The van der Waals surface area contributed by atoms with Gasteiger partial charge in [0.2, 0.25) is 0 Å². The predicted molar refractivity (Wildman–Crippen MR) is 102 cm³/mol. The van der Waals surface area contributed by atoms with E-state index in [2.05, 4.69) is 39.2 Å². The van der Waals surface area contributed by atoms with Gasteiger partial charge in [0.1, 0.15) is 5.82 Å². The molecule has 1 unspecified atom stereocenters. The highest BCUT2D eigenvalue weighted by molar-refractivity contribution is 5.94. The predicted octanol–water partition coefficient (Wildman–Crippen LogP) is 2.25. The van der Waals surface area contributed by atoms with Crippen molar-refractivity contribution in [2.45, 2.75) is 38.8 Å². The summed E-state index contributed by atoms with van der Waals surface area (Å²) in [6.45, 7) is 6.96. The van der Waals surface area contributed by atoms with Gasteiger partial charge in [-0.15, -0.1) is 10.2 Å². The number of hydrogen-bond donors (Lipinski definition) is 1. The van der Waals surface area contributed by atoms with Crippen LogP contribution in [0.3, 0.4) is 0 Å². The zero-order valence-electron chi connectivity index (χ0n) is 15.7. The highest BCUT2D eigenvalue weighted by atomic mass is 16.1. The number of likely N-dealkylation sites (tertiary alicyclic amines) is 1. The molecule has 0 bridgehead atoms. The van der Waals surface area contributed by atoms with Crippen molar-refractivity contribution in [3.63, 3.8) is 0 Å². The Hall–Kier alpha value is -2.80. The van der Waals surface area contributed by atoms with Gasteiger partial charge in [-0.3, -0.25) is 14.2 Å². The minimum absolute atomic E-state index is 0.108. The second-order valence-electron chi connectivity index (χ2n) is 7.32. The van der Waals surface area contributed by atoms with Crippen LogP contribution in [0.5, 0.6) is 0 Å². The number of carbonyl (C=O) groups excluding carboxylic acids is 1. The lowest BCUT2D eigenvalue weighted by atomic mass is 10.1. The van der Waals surface area contributed by atoms with Crippen LogP contribution in [-0.2, 0) is 6.54 Å². The van der Waals surface area contributed by atoms with Gasteiger partial charge < -0.3 is 10.2 Å². The Morgan fingerprint density at radius 1 is 1.22 bits per heavy atom. The van der Waals surface area contributed by atoms with E-state index in [0.29, 0.717) is 24.1 Å². The van der Waals surface area contributed by atoms with Gasteiger partial charge in [0.05, 0.1) is 5.56 Å². The first-order valence-corrected chi connectivity index (χ1v) is 9.37. The average molecular weight is 364 g/mol. The second-order valence-corrected chi connectivity index (χ2v) is 7.32. The molecule has 0 saturated carbocycles. The summed E-state index contributed by atoms with van der Waals surface area (Å²) < 4.78 is 1.97. The third-order valence-corrected chi connectivity index (χ3v) is 5.21. The van der Waals surface area contributed by atoms with Crippen molar-refractivity contribution in [3.05, 3.63) is 59.8 Å². The fourth-order valence-corrected chi connectivity index (χ4v) is 3.57. The van der Waals surface area contributed by atoms with Gasteiger partial charge >= 0.3 is 0 Å². The van der Waals surface area contributed by atoms with Crippen LogP contribution in [0.4, 0.5) is 0 Å². The molecule has 1 fully saturated rings. The molecule has 4 rings (SSSR count). The van der Waals surface area contributed by atoms with Crippen molar-refractivity contribution in [1.82, 2.24) is 29.8 Å². The Balaban J connectivity index is 1.52. The molecule has 0 radical (unpaired) electrons. The number of pyridine rings is 2. The largest absolute Gasteiger partial charge is 0.348 e. The van der Waals surface area contributed by atoms with E-state index in [4.69, 9.17) is 0 Å². The van der Waals surface area contributed by atoms with E-state index in [-0.39, 0.29) is 5.91 Å². The van der Waals surface area contributed by atoms with Crippen LogP contribution in [0.2, 0.25) is 0 Å². The summed E-state index contributed by atoms with van der Waals surface area (Å²) in [4.78, 5) is 19.0. The second kappa shape index (κ2) is 7.44. The van der Waals surface area contributed by atoms with Crippen molar-refractivity contribution < 1.29 is 4.79 Å². The third-order valence-electron chi connectivity index (χ3n) is 5.21. The number of nitrogens with one attached hydrogen (secondary N) is 1. The lowest BCUT2D eigenvalue weighted by Crippen LogP contribution is -2.28. The molecule has 140 valence electrons. The van der Waals surface area contributed by atoms with Crippen molar-refractivity contribution in [2.75, 3.05) is 13.1 Å². The summed E-state index contributed by atoms with van der Waals surface area (Å²) in [6.07, 6.45) is 6.36. The van der Waals surface area contributed by atoms with E-state index >= 15 is 0 Å². The fourth-order valence-electron chi connectivity index (χ4n) is 3.57. The molecule has 3 aromatic rings. The molecule has 0 aliphatic carbocycles. The van der Waals surface area contributed by atoms with Gasteiger partial charge in [-0.05, 0) is 56.6 Å². The minimum Gasteiger partial charge on any atom is -0.348 e. The first-order chi connectivity index (χ1) is 13.1. The maximum atomic E-state index is 12.6. The Kier molecular flexibility index (Phi) is 4.85. The molecule has 7 nitrogen and oxygen atoms in total. The van der Waals surface area contributed by atoms with E-state index in [0.717, 1.165) is 36.5 Å². The molecule has 3 aromatic heterocycles. The number of nitrogens with zero attached hydrogens (tertiary/aromatic N) is 5. The number of amides is 1. The summed E-state index contributed by atoms with van der Waals surface area (Å²) in [7, 11) is 0. The Labute approximate surface area is 158 Å². The van der Waals surface area contributed by atoms with Crippen LogP contribution >= 0.6 is 0 Å². The number of aromatic nitrogens is 4. The smallest absolute Gasteiger partial charge is 0.253 e. The van der Waals surface area contributed by atoms with Gasteiger partial charge in [0.15, 0.2) is 5.65 Å². The average Bonchev–Trinajstić information content (AvgIpc) is 3.33. The molecule has 1 aliphatic rings. The summed E-state index contributed by atoms with van der Waals surface area (Å²) in [6, 6.07) is 7.96. The zero-order valence-corrected chi connectivity index (χ0v) is 15.7. The normalized spacial score (nSPS) is 17.7. The van der Waals surface area contributed by atoms with Gasteiger partial charge in [-0.2, -0.15) is 0 Å². The first kappa shape index (κ1) is 17.6. The molecule has 4 heterocycles. The molecule has 1 atom stereocenters. The molecule has 7 heteroatoms. The van der Waals surface area contributed by atoms with Gasteiger partial charge in [-0.1, -0.05) is 0 Å². The molecule has 27 heavy (non-hydrogen) atoms. The van der Waals surface area contributed by atoms with Crippen molar-refractivity contribution in [3.8, 4) is 0 Å². The standard InChI is InChI=1S/C20H24N6O/c1-14(2)25-10-7-16(12-25)19-24-23-18-4-3-17(13-26(18)19)20(27)22-11-15-5-8-21-9-6-15/h3-6,8-9,13-14,16H,7,10-12H2,1-2H3,(H,22,27). The summed E-state index contributed by atoms with van der Waals surface area (Å²) in [5.74, 6) is 1.18. The summed E-state index contributed by atoms with van der Waals surface area (Å²) in [5, 5.41) is 11.6. The topological polar surface area (TPSA) is 75.4 Å². The molecule has 1 N–H and O–H groups in total. The van der Waals surface area contributed by atoms with E-state index < -0.39 is 0 Å². The maximum absolute atomic E-state index is 12.6. The van der Waals surface area contributed by atoms with Crippen molar-refractivity contribution >= 4 is 11.6 Å². The van der Waals surface area contributed by atoms with Crippen molar-refractivity contribution in [1.29, 1.82) is 0 Å². The number of carbonyl (C=O) groups is 1. The van der Waals surface area contributed by atoms with Crippen LogP contribution in [0.1, 0.15) is 47.9 Å². The number of rotatable bonds is 5. The van der Waals surface area contributed by atoms with E-state index in [1.807, 2.05) is 28.8 Å². The lowest BCUT2D eigenvalue weighted by molar-refractivity contribution is 0.0950. The van der Waals surface area contributed by atoms with Gasteiger partial charge in [0, 0.05) is 43.6 Å². The minimum atomic E-state index is -0.108. The van der Waals surface area contributed by atoms with E-state index in [1.165, 1.54) is 0 Å². The highest BCUT2D eigenvalue weighted by Gasteiger charge is 2.29. The quantitative estimate of drug-likeness (QED) is 0.752. The van der Waals surface area contributed by atoms with Crippen LogP contribution in [0.25, 0.3) is 5.65 Å². The van der Waals surface area contributed by atoms with Gasteiger partial charge in [-0.25, -0.2) is 0 Å². The third kappa shape index (κ3) is 3.68. The van der Waals surface area contributed by atoms with Crippen molar-refractivity contribution in [2.24, 2.45) is 0 Å². The van der Waals surface area contributed by atoms with E-state index in [1.54, 1.807) is 18.5 Å². The Morgan fingerprint density at radius 3 is 2.78 bits per heavy atom. The highest BCUT2D eigenvalue weighted by Crippen LogP contribution is 2.27.